The summed E-state index contributed by atoms with van der Waals surface area (Å²) in [5.41, 5.74) is 0. The predicted octanol–water partition coefficient (Wildman–Crippen LogP) is 6.99. The van der Waals surface area contributed by atoms with Gasteiger partial charge in [-0.3, -0.25) is 4.79 Å². The lowest BCUT2D eigenvalue weighted by Gasteiger charge is -2.25. The van der Waals surface area contributed by atoms with Crippen molar-refractivity contribution in [3.8, 4) is 0 Å². The molecule has 3 nitrogen and oxygen atoms in total. The highest BCUT2D eigenvalue weighted by molar-refractivity contribution is 7.80. The van der Waals surface area contributed by atoms with Crippen LogP contribution in [0.1, 0.15) is 124 Å². The highest BCUT2D eigenvalue weighted by atomic mass is 32.1. The topological polar surface area (TPSA) is 32.3 Å². The van der Waals surface area contributed by atoms with E-state index in [9.17, 15) is 4.79 Å². The van der Waals surface area contributed by atoms with Crippen molar-refractivity contribution in [1.29, 1.82) is 0 Å². The van der Waals surface area contributed by atoms with Gasteiger partial charge in [-0.05, 0) is 31.5 Å². The fourth-order valence-corrected chi connectivity index (χ4v) is 3.52. The summed E-state index contributed by atoms with van der Waals surface area (Å²) in [4.78, 5) is 14.3. The van der Waals surface area contributed by atoms with Gasteiger partial charge < -0.3 is 10.2 Å². The third kappa shape index (κ3) is 17.2. The first-order valence-electron chi connectivity index (χ1n) is 11.7. The number of hydrogen-bond acceptors (Lipinski definition) is 2. The van der Waals surface area contributed by atoms with E-state index in [1.54, 1.807) is 0 Å². The zero-order valence-electron chi connectivity index (χ0n) is 18.5. The molecule has 0 rings (SSSR count). The van der Waals surface area contributed by atoms with Crippen molar-refractivity contribution in [2.45, 2.75) is 124 Å². The van der Waals surface area contributed by atoms with Crippen molar-refractivity contribution in [3.05, 3.63) is 0 Å². The van der Waals surface area contributed by atoms with Crippen LogP contribution in [0.3, 0.4) is 0 Å². The van der Waals surface area contributed by atoms with E-state index in [1.165, 1.54) is 57.8 Å². The van der Waals surface area contributed by atoms with Gasteiger partial charge in [0.1, 0.15) is 0 Å². The van der Waals surface area contributed by atoms with Gasteiger partial charge in [-0.25, -0.2) is 0 Å². The summed E-state index contributed by atoms with van der Waals surface area (Å²) in [5, 5.41) is 3.58. The molecular formula is C23H46N2OS. The van der Waals surface area contributed by atoms with Crippen LogP contribution in [0, 0.1) is 0 Å². The van der Waals surface area contributed by atoms with Crippen molar-refractivity contribution < 1.29 is 4.79 Å². The fraction of sp³-hybridized carbons (Fsp3) is 0.913. The normalized spacial score (nSPS) is 10.8. The molecule has 0 aromatic carbocycles. The van der Waals surface area contributed by atoms with Gasteiger partial charge >= 0.3 is 0 Å². The number of carbonyl (C=O) groups is 1. The zero-order valence-corrected chi connectivity index (χ0v) is 19.3. The second-order valence-electron chi connectivity index (χ2n) is 7.83. The van der Waals surface area contributed by atoms with Crippen molar-refractivity contribution in [2.24, 2.45) is 0 Å². The third-order valence-electron chi connectivity index (χ3n) is 5.10. The van der Waals surface area contributed by atoms with Crippen LogP contribution in [-0.4, -0.2) is 29.0 Å². The average Bonchev–Trinajstić information content (AvgIpc) is 2.66. The van der Waals surface area contributed by atoms with E-state index in [0.29, 0.717) is 11.5 Å². The molecule has 0 radical (unpaired) electrons. The van der Waals surface area contributed by atoms with Gasteiger partial charge in [-0.15, -0.1) is 0 Å². The molecule has 0 aliphatic heterocycles. The Morgan fingerprint density at radius 3 is 1.52 bits per heavy atom. The summed E-state index contributed by atoms with van der Waals surface area (Å²) in [6.07, 6.45) is 19.5. The maximum Gasteiger partial charge on any atom is 0.226 e. The van der Waals surface area contributed by atoms with Gasteiger partial charge in [0.2, 0.25) is 5.91 Å². The number of rotatable bonds is 18. The Balaban J connectivity index is 3.69. The number of unbranched alkanes of at least 4 members (excludes halogenated alkanes) is 12. The molecule has 0 aliphatic carbocycles. The monoisotopic (exact) mass is 398 g/mol. The lowest BCUT2D eigenvalue weighted by Crippen LogP contribution is -2.43. The number of thiocarbonyl (C=S) groups is 1. The van der Waals surface area contributed by atoms with Crippen LogP contribution < -0.4 is 5.32 Å². The standard InChI is InChI=1S/C23H46N2OS/c1-4-7-10-11-12-13-14-15-16-17-18-19-22(26)24-23(27)25(20-8-5-2)21-9-6-3/h4-21H2,1-3H3,(H,24,26,27). The van der Waals surface area contributed by atoms with E-state index >= 15 is 0 Å². The first-order valence-corrected chi connectivity index (χ1v) is 12.1. The Kier molecular flexibility index (Phi) is 19.6. The summed E-state index contributed by atoms with van der Waals surface area (Å²) in [6, 6.07) is 0. The molecule has 0 saturated heterocycles. The number of nitrogens with zero attached hydrogens (tertiary/aromatic N) is 1. The molecule has 0 bridgehead atoms. The maximum atomic E-state index is 12.1. The Bertz CT molecular complexity index is 352. The van der Waals surface area contributed by atoms with E-state index in [0.717, 1.165) is 51.6 Å². The molecule has 27 heavy (non-hydrogen) atoms. The molecule has 160 valence electrons. The highest BCUT2D eigenvalue weighted by Gasteiger charge is 2.11. The molecule has 0 fully saturated rings. The van der Waals surface area contributed by atoms with Crippen LogP contribution in [0.5, 0.6) is 0 Å². The lowest BCUT2D eigenvalue weighted by molar-refractivity contribution is -0.119. The fourth-order valence-electron chi connectivity index (χ4n) is 3.22. The molecule has 0 heterocycles. The van der Waals surface area contributed by atoms with Crippen molar-refractivity contribution in [2.75, 3.05) is 13.1 Å². The molecule has 0 aliphatic rings. The Morgan fingerprint density at radius 1 is 0.667 bits per heavy atom. The Labute approximate surface area is 175 Å². The maximum absolute atomic E-state index is 12.1. The minimum Gasteiger partial charge on any atom is -0.349 e. The molecule has 0 aromatic rings. The van der Waals surface area contributed by atoms with Crippen LogP contribution >= 0.6 is 12.2 Å². The molecule has 1 N–H and O–H groups in total. The minimum atomic E-state index is 0.0916. The largest absolute Gasteiger partial charge is 0.349 e. The molecule has 0 aromatic heterocycles. The SMILES string of the molecule is CCCCCCCCCCCCCC(=O)NC(=S)N(CCCC)CCCC. The second-order valence-corrected chi connectivity index (χ2v) is 8.22. The van der Waals surface area contributed by atoms with Crippen LogP contribution in [0.4, 0.5) is 0 Å². The predicted molar refractivity (Wildman–Crippen MR) is 123 cm³/mol. The van der Waals surface area contributed by atoms with Crippen molar-refractivity contribution >= 4 is 23.2 Å². The van der Waals surface area contributed by atoms with E-state index < -0.39 is 0 Å². The zero-order chi connectivity index (χ0) is 20.2. The van der Waals surface area contributed by atoms with Gasteiger partial charge in [-0.2, -0.15) is 0 Å². The molecular weight excluding hydrogens is 352 g/mol. The van der Waals surface area contributed by atoms with Gasteiger partial charge in [0.15, 0.2) is 5.11 Å². The molecule has 0 atom stereocenters. The van der Waals surface area contributed by atoms with Crippen LogP contribution in [-0.2, 0) is 4.79 Å². The number of nitrogens with one attached hydrogen (secondary N) is 1. The Hall–Kier alpha value is -0.640. The quantitative estimate of drug-likeness (QED) is 0.199. The Morgan fingerprint density at radius 2 is 1.07 bits per heavy atom. The summed E-state index contributed by atoms with van der Waals surface area (Å²) < 4.78 is 0. The average molecular weight is 399 g/mol. The summed E-state index contributed by atoms with van der Waals surface area (Å²) in [7, 11) is 0. The molecule has 0 saturated carbocycles. The van der Waals surface area contributed by atoms with Crippen LogP contribution in [0.15, 0.2) is 0 Å². The first-order chi connectivity index (χ1) is 13.2. The smallest absolute Gasteiger partial charge is 0.226 e. The van der Waals surface area contributed by atoms with E-state index in [-0.39, 0.29) is 5.91 Å². The van der Waals surface area contributed by atoms with E-state index in [1.807, 2.05) is 0 Å². The molecule has 4 heteroatoms. The van der Waals surface area contributed by atoms with E-state index in [4.69, 9.17) is 12.2 Å². The van der Waals surface area contributed by atoms with Crippen molar-refractivity contribution in [1.82, 2.24) is 10.2 Å². The highest BCUT2D eigenvalue weighted by Crippen LogP contribution is 2.12. The summed E-state index contributed by atoms with van der Waals surface area (Å²) in [5.74, 6) is 0.0916. The third-order valence-corrected chi connectivity index (χ3v) is 5.46. The van der Waals surface area contributed by atoms with E-state index in [2.05, 4.69) is 31.0 Å². The van der Waals surface area contributed by atoms with Crippen LogP contribution in [0.25, 0.3) is 0 Å². The molecule has 0 spiro atoms. The number of amides is 1. The van der Waals surface area contributed by atoms with Crippen LogP contribution in [0.2, 0.25) is 0 Å². The van der Waals surface area contributed by atoms with Gasteiger partial charge in [0, 0.05) is 19.5 Å². The lowest BCUT2D eigenvalue weighted by atomic mass is 10.1. The second kappa shape index (κ2) is 20.1. The van der Waals surface area contributed by atoms with Gasteiger partial charge in [0.05, 0.1) is 0 Å². The summed E-state index contributed by atoms with van der Waals surface area (Å²) in [6.45, 7) is 8.54. The number of carbonyl (C=O) groups excluding carboxylic acids is 1. The molecule has 0 unspecified atom stereocenters. The summed E-state index contributed by atoms with van der Waals surface area (Å²) >= 11 is 5.46. The van der Waals surface area contributed by atoms with Gasteiger partial charge in [-0.1, -0.05) is 97.8 Å². The molecule has 1 amide bonds. The first kappa shape index (κ1) is 26.4. The van der Waals surface area contributed by atoms with Crippen molar-refractivity contribution in [3.63, 3.8) is 0 Å². The minimum absolute atomic E-state index is 0.0916. The van der Waals surface area contributed by atoms with Gasteiger partial charge in [0.25, 0.3) is 0 Å². The number of hydrogen-bond donors (Lipinski definition) is 1.